The Bertz CT molecular complexity index is 373. The molecule has 100 valence electrons. The van der Waals surface area contributed by atoms with Gasteiger partial charge in [-0.3, -0.25) is 4.90 Å². The molecule has 0 amide bonds. The van der Waals surface area contributed by atoms with Crippen molar-refractivity contribution in [3.05, 3.63) is 34.3 Å². The van der Waals surface area contributed by atoms with Crippen molar-refractivity contribution in [3.63, 3.8) is 0 Å². The minimum atomic E-state index is 0.737. The van der Waals surface area contributed by atoms with Crippen molar-refractivity contribution in [2.24, 2.45) is 0 Å². The van der Waals surface area contributed by atoms with Crippen LogP contribution in [0.25, 0.3) is 0 Å². The number of rotatable bonds is 4. The molecule has 2 rings (SSSR count). The zero-order valence-electron chi connectivity index (χ0n) is 11.3. The van der Waals surface area contributed by atoms with Gasteiger partial charge in [0.2, 0.25) is 0 Å². The number of hydrogen-bond acceptors (Lipinski definition) is 2. The van der Waals surface area contributed by atoms with E-state index in [2.05, 4.69) is 64.5 Å². The largest absolute Gasteiger partial charge is 0.317 e. The lowest BCUT2D eigenvalue weighted by molar-refractivity contribution is 0.170. The summed E-state index contributed by atoms with van der Waals surface area (Å²) in [6, 6.07) is 10.1. The van der Waals surface area contributed by atoms with E-state index in [0.717, 1.165) is 18.6 Å². The van der Waals surface area contributed by atoms with E-state index in [1.807, 2.05) is 0 Å². The van der Waals surface area contributed by atoms with Crippen molar-refractivity contribution < 1.29 is 0 Å². The SMILES string of the molecule is CNC1CCC(N(C)Cc2cccc(Br)c2)CC1. The van der Waals surface area contributed by atoms with E-state index in [1.54, 1.807) is 0 Å². The van der Waals surface area contributed by atoms with Crippen LogP contribution in [0.4, 0.5) is 0 Å². The molecule has 18 heavy (non-hydrogen) atoms. The fraction of sp³-hybridized carbons (Fsp3) is 0.600. The maximum absolute atomic E-state index is 3.54. The minimum absolute atomic E-state index is 0.737. The first-order valence-electron chi connectivity index (χ1n) is 6.81. The Labute approximate surface area is 119 Å². The van der Waals surface area contributed by atoms with Crippen LogP contribution in [0.1, 0.15) is 31.2 Å². The van der Waals surface area contributed by atoms with Gasteiger partial charge in [-0.15, -0.1) is 0 Å². The highest BCUT2D eigenvalue weighted by Crippen LogP contribution is 2.23. The highest BCUT2D eigenvalue weighted by atomic mass is 79.9. The van der Waals surface area contributed by atoms with Crippen molar-refractivity contribution in [1.29, 1.82) is 0 Å². The van der Waals surface area contributed by atoms with Gasteiger partial charge >= 0.3 is 0 Å². The molecule has 0 radical (unpaired) electrons. The molecule has 0 bridgehead atoms. The maximum Gasteiger partial charge on any atom is 0.0234 e. The van der Waals surface area contributed by atoms with Gasteiger partial charge in [0.05, 0.1) is 0 Å². The van der Waals surface area contributed by atoms with Gasteiger partial charge in [-0.05, 0) is 57.5 Å². The second-order valence-corrected chi connectivity index (χ2v) is 6.25. The topological polar surface area (TPSA) is 15.3 Å². The highest BCUT2D eigenvalue weighted by molar-refractivity contribution is 9.10. The number of nitrogens with zero attached hydrogens (tertiary/aromatic N) is 1. The average molecular weight is 311 g/mol. The summed E-state index contributed by atoms with van der Waals surface area (Å²) in [4.78, 5) is 2.51. The van der Waals surface area contributed by atoms with Crippen molar-refractivity contribution in [2.75, 3.05) is 14.1 Å². The lowest BCUT2D eigenvalue weighted by Gasteiger charge is -2.34. The van der Waals surface area contributed by atoms with E-state index in [4.69, 9.17) is 0 Å². The van der Waals surface area contributed by atoms with Crippen molar-refractivity contribution in [1.82, 2.24) is 10.2 Å². The Morgan fingerprint density at radius 3 is 2.61 bits per heavy atom. The van der Waals surface area contributed by atoms with Gasteiger partial charge < -0.3 is 5.32 Å². The van der Waals surface area contributed by atoms with Crippen molar-refractivity contribution in [2.45, 2.75) is 44.3 Å². The molecule has 1 fully saturated rings. The molecule has 1 aromatic rings. The first kappa shape index (κ1) is 14.0. The second kappa shape index (κ2) is 6.69. The Hall–Kier alpha value is -0.380. The number of nitrogens with one attached hydrogen (secondary N) is 1. The van der Waals surface area contributed by atoms with Crippen LogP contribution < -0.4 is 5.32 Å². The zero-order valence-corrected chi connectivity index (χ0v) is 12.9. The molecular weight excluding hydrogens is 288 g/mol. The number of hydrogen-bond donors (Lipinski definition) is 1. The van der Waals surface area contributed by atoms with Gasteiger partial charge in [0.15, 0.2) is 0 Å². The van der Waals surface area contributed by atoms with E-state index >= 15 is 0 Å². The fourth-order valence-corrected chi connectivity index (χ4v) is 3.30. The standard InChI is InChI=1S/C15H23BrN2/c1-17-14-6-8-15(9-7-14)18(2)11-12-4-3-5-13(16)10-12/h3-5,10,14-15,17H,6-9,11H2,1-2H3. The summed E-state index contributed by atoms with van der Waals surface area (Å²) < 4.78 is 1.17. The second-order valence-electron chi connectivity index (χ2n) is 5.34. The molecule has 1 aliphatic carbocycles. The summed E-state index contributed by atoms with van der Waals surface area (Å²) in [6.45, 7) is 1.05. The molecule has 3 heteroatoms. The van der Waals surface area contributed by atoms with Crippen LogP contribution in [0.2, 0.25) is 0 Å². The number of benzene rings is 1. The number of halogens is 1. The lowest BCUT2D eigenvalue weighted by atomic mass is 9.90. The molecule has 1 aromatic carbocycles. The van der Waals surface area contributed by atoms with E-state index in [1.165, 1.54) is 35.7 Å². The van der Waals surface area contributed by atoms with Gasteiger partial charge in [-0.1, -0.05) is 28.1 Å². The third kappa shape index (κ3) is 3.81. The zero-order chi connectivity index (χ0) is 13.0. The Morgan fingerprint density at radius 1 is 1.28 bits per heavy atom. The van der Waals surface area contributed by atoms with Crippen LogP contribution in [-0.2, 0) is 6.54 Å². The molecule has 0 unspecified atom stereocenters. The molecule has 0 aromatic heterocycles. The van der Waals surface area contributed by atoms with E-state index in [0.29, 0.717) is 0 Å². The first-order chi connectivity index (χ1) is 8.69. The van der Waals surface area contributed by atoms with Gasteiger partial charge in [0, 0.05) is 23.1 Å². The predicted molar refractivity (Wildman–Crippen MR) is 80.7 cm³/mol. The van der Waals surface area contributed by atoms with Crippen LogP contribution in [-0.4, -0.2) is 31.1 Å². The minimum Gasteiger partial charge on any atom is -0.317 e. The molecule has 1 aliphatic rings. The summed E-state index contributed by atoms with van der Waals surface area (Å²) in [5.74, 6) is 0. The Kier molecular flexibility index (Phi) is 5.22. The van der Waals surface area contributed by atoms with E-state index in [-0.39, 0.29) is 0 Å². The molecule has 1 N–H and O–H groups in total. The molecule has 0 atom stereocenters. The molecule has 0 spiro atoms. The van der Waals surface area contributed by atoms with Crippen LogP contribution in [0, 0.1) is 0 Å². The summed E-state index contributed by atoms with van der Waals surface area (Å²) >= 11 is 3.54. The fourth-order valence-electron chi connectivity index (χ4n) is 2.86. The van der Waals surface area contributed by atoms with E-state index in [9.17, 15) is 0 Å². The smallest absolute Gasteiger partial charge is 0.0234 e. The molecular formula is C15H23BrN2. The molecule has 1 saturated carbocycles. The summed E-state index contributed by atoms with van der Waals surface area (Å²) in [5.41, 5.74) is 1.39. The van der Waals surface area contributed by atoms with Gasteiger partial charge in [-0.25, -0.2) is 0 Å². The Balaban J connectivity index is 1.87. The van der Waals surface area contributed by atoms with Crippen molar-refractivity contribution in [3.8, 4) is 0 Å². The quantitative estimate of drug-likeness (QED) is 0.917. The van der Waals surface area contributed by atoms with Crippen LogP contribution >= 0.6 is 15.9 Å². The maximum atomic E-state index is 3.54. The lowest BCUT2D eigenvalue weighted by Crippen LogP contribution is -2.39. The first-order valence-corrected chi connectivity index (χ1v) is 7.60. The average Bonchev–Trinajstić information content (AvgIpc) is 2.39. The summed E-state index contributed by atoms with van der Waals surface area (Å²) in [7, 11) is 4.33. The van der Waals surface area contributed by atoms with Crippen LogP contribution in [0.15, 0.2) is 28.7 Å². The monoisotopic (exact) mass is 310 g/mol. The third-order valence-corrected chi connectivity index (χ3v) is 4.54. The van der Waals surface area contributed by atoms with Crippen LogP contribution in [0.3, 0.4) is 0 Å². The summed E-state index contributed by atoms with van der Waals surface area (Å²) in [6.07, 6.45) is 5.25. The molecule has 0 heterocycles. The van der Waals surface area contributed by atoms with Gasteiger partial charge in [0.1, 0.15) is 0 Å². The third-order valence-electron chi connectivity index (χ3n) is 4.05. The van der Waals surface area contributed by atoms with Crippen molar-refractivity contribution >= 4 is 15.9 Å². The van der Waals surface area contributed by atoms with Crippen LogP contribution in [0.5, 0.6) is 0 Å². The molecule has 2 nitrogen and oxygen atoms in total. The highest BCUT2D eigenvalue weighted by Gasteiger charge is 2.22. The van der Waals surface area contributed by atoms with Gasteiger partial charge in [-0.2, -0.15) is 0 Å². The van der Waals surface area contributed by atoms with Gasteiger partial charge in [0.25, 0.3) is 0 Å². The van der Waals surface area contributed by atoms with E-state index < -0.39 is 0 Å². The summed E-state index contributed by atoms with van der Waals surface area (Å²) in [5, 5.41) is 3.40. The molecule has 0 saturated heterocycles. The normalized spacial score (nSPS) is 24.4. The predicted octanol–water partition coefficient (Wildman–Crippen LogP) is 3.41. The molecule has 0 aliphatic heterocycles. The Morgan fingerprint density at radius 2 is 2.00 bits per heavy atom.